The highest BCUT2D eigenvalue weighted by Crippen LogP contribution is 2.37. The normalized spacial score (nSPS) is 12.8. The minimum atomic E-state index is -0.784. The summed E-state index contributed by atoms with van der Waals surface area (Å²) in [5.74, 6) is -1.95. The van der Waals surface area contributed by atoms with Gasteiger partial charge < -0.3 is 18.6 Å². The predicted molar refractivity (Wildman–Crippen MR) is 380 cm³/mol. The van der Waals surface area contributed by atoms with E-state index in [0.717, 1.165) is 40.6 Å². The fraction of sp³-hybridized carbons (Fsp3) is 0.133. The first-order chi connectivity index (χ1) is 46.2. The number of hydrogen-bond donors (Lipinski definition) is 0. The van der Waals surface area contributed by atoms with E-state index >= 15 is 0 Å². The lowest BCUT2D eigenvalue weighted by Crippen LogP contribution is -2.54. The molecule has 13 rings (SSSR count). The van der Waals surface area contributed by atoms with Crippen LogP contribution in [0.15, 0.2) is 200 Å². The quantitative estimate of drug-likeness (QED) is 0.0346. The van der Waals surface area contributed by atoms with Crippen molar-refractivity contribution in [2.75, 3.05) is 26.2 Å². The Balaban J connectivity index is 1.18. The number of ether oxygens (including phenoxy) is 1. The molecular weight excluding hydrogens is 1270 g/mol. The molecule has 95 heavy (non-hydrogen) atoms. The zero-order valence-electron chi connectivity index (χ0n) is 51.9. The third-order valence-electron chi connectivity index (χ3n) is 17.4. The van der Waals surface area contributed by atoms with Gasteiger partial charge in [-0.3, -0.25) is 24.5 Å². The van der Waals surface area contributed by atoms with Crippen LogP contribution in [-0.2, 0) is 0 Å². The van der Waals surface area contributed by atoms with Gasteiger partial charge in [-0.15, -0.1) is 0 Å². The molecule has 0 atom stereocenters. The first-order valence-corrected chi connectivity index (χ1v) is 32.6. The van der Waals surface area contributed by atoms with E-state index in [-0.39, 0.29) is 77.5 Å². The number of imide groups is 1. The van der Waals surface area contributed by atoms with Crippen LogP contribution in [0.3, 0.4) is 0 Å². The first-order valence-electron chi connectivity index (χ1n) is 31.1. The van der Waals surface area contributed by atoms with Crippen molar-refractivity contribution >= 4 is 144 Å². The number of nitriles is 2. The van der Waals surface area contributed by atoms with E-state index in [9.17, 15) is 24.9 Å². The van der Waals surface area contributed by atoms with Crippen molar-refractivity contribution in [2.45, 2.75) is 40.0 Å². The number of rotatable bonds is 18. The minimum absolute atomic E-state index is 0.0528. The molecule has 20 heteroatoms. The molecule has 0 saturated carbocycles. The Morgan fingerprint density at radius 2 is 1.02 bits per heavy atom. The van der Waals surface area contributed by atoms with E-state index in [1.54, 1.807) is 54.9 Å². The second-order valence-corrected chi connectivity index (χ2v) is 25.0. The second kappa shape index (κ2) is 27.1. The number of nitrogens with zero attached hydrogens (tertiary/aromatic N) is 10. The molecule has 4 aromatic heterocycles. The van der Waals surface area contributed by atoms with Crippen LogP contribution in [0.2, 0.25) is 20.1 Å². The molecule has 12 aromatic rings. The molecule has 0 bridgehead atoms. The van der Waals surface area contributed by atoms with Crippen molar-refractivity contribution in [2.24, 2.45) is 0 Å². The van der Waals surface area contributed by atoms with Crippen molar-refractivity contribution < 1.29 is 19.1 Å². The SMILES string of the molecule is CCN(CC)CCCN1C(=O)c2ccc(C(=O)Oc3cccc(-c4c5/c(=C(\C#N)c6cnc7cc(Cl)c(Cl)cc7n6)n(B(c6ccccc6)c6ccccc6)c(C(C)C)c5/c(=C(\C#N)c5cnc6cc(Cl)c(Cl)cc6n5)n4B(c4ccccc4)c4ccccc4)c3)cc2C1=O. The fourth-order valence-corrected chi connectivity index (χ4v) is 13.7. The molecular formula is C75H56B2Cl4N10O4. The molecule has 0 fully saturated rings. The smallest absolute Gasteiger partial charge is 0.343 e. The maximum Gasteiger partial charge on any atom is 0.343 e. The summed E-state index contributed by atoms with van der Waals surface area (Å²) in [6.45, 7) is 9.53. The molecule has 464 valence electrons. The Bertz CT molecular complexity index is 5080. The number of fused-ring (bicyclic) bond motifs is 4. The number of carbonyl (C=O) groups excluding carboxylic acids is 3. The van der Waals surface area contributed by atoms with Crippen LogP contribution < -0.4 is 37.3 Å². The van der Waals surface area contributed by atoms with E-state index in [2.05, 4.69) is 78.0 Å². The summed E-state index contributed by atoms with van der Waals surface area (Å²) in [6, 6.07) is 63.2. The lowest BCUT2D eigenvalue weighted by atomic mass is 9.50. The van der Waals surface area contributed by atoms with Crippen molar-refractivity contribution in [1.29, 1.82) is 10.5 Å². The zero-order chi connectivity index (χ0) is 66.2. The maximum absolute atomic E-state index is 14.8. The third-order valence-corrected chi connectivity index (χ3v) is 18.8. The molecule has 0 spiro atoms. The summed E-state index contributed by atoms with van der Waals surface area (Å²) in [5, 5.41) is 27.7. The molecule has 14 nitrogen and oxygen atoms in total. The monoisotopic (exact) mass is 1320 g/mol. The van der Waals surface area contributed by atoms with E-state index in [0.29, 0.717) is 67.8 Å². The highest BCUT2D eigenvalue weighted by Gasteiger charge is 2.39. The number of carbonyl (C=O) groups is 3. The summed E-state index contributed by atoms with van der Waals surface area (Å²) in [6.07, 6.45) is 3.70. The molecule has 2 amide bonds. The zero-order valence-corrected chi connectivity index (χ0v) is 55.0. The Kier molecular flexibility index (Phi) is 18.1. The summed E-state index contributed by atoms with van der Waals surface area (Å²) >= 11 is 26.6. The van der Waals surface area contributed by atoms with E-state index in [1.807, 2.05) is 103 Å². The van der Waals surface area contributed by atoms with Gasteiger partial charge in [0.05, 0.1) is 81.9 Å². The van der Waals surface area contributed by atoms with Gasteiger partial charge in [0.25, 0.3) is 11.8 Å². The van der Waals surface area contributed by atoms with Gasteiger partial charge >= 0.3 is 19.7 Å². The summed E-state index contributed by atoms with van der Waals surface area (Å²) in [7, 11) is 0. The van der Waals surface area contributed by atoms with E-state index < -0.39 is 31.5 Å². The van der Waals surface area contributed by atoms with Gasteiger partial charge in [0, 0.05) is 34.3 Å². The lowest BCUT2D eigenvalue weighted by molar-refractivity contribution is 0.0647. The van der Waals surface area contributed by atoms with Gasteiger partial charge in [0.1, 0.15) is 40.4 Å². The van der Waals surface area contributed by atoms with E-state index in [4.69, 9.17) is 71.1 Å². The average Bonchev–Trinajstić information content (AvgIpc) is 1.53. The third kappa shape index (κ3) is 11.9. The van der Waals surface area contributed by atoms with Crippen LogP contribution in [-0.4, -0.2) is 96.4 Å². The topological polar surface area (TPSA) is 176 Å². The van der Waals surface area contributed by atoms with Crippen molar-refractivity contribution in [3.8, 4) is 29.1 Å². The summed E-state index contributed by atoms with van der Waals surface area (Å²) in [5.41, 5.74) is 7.79. The van der Waals surface area contributed by atoms with Crippen LogP contribution in [0.1, 0.15) is 88.2 Å². The Labute approximate surface area is 568 Å². The highest BCUT2D eigenvalue weighted by molar-refractivity contribution is 6.85. The first kappa shape index (κ1) is 63.6. The largest absolute Gasteiger partial charge is 0.423 e. The molecule has 0 aliphatic carbocycles. The highest BCUT2D eigenvalue weighted by atomic mass is 35.5. The van der Waals surface area contributed by atoms with Gasteiger partial charge in [-0.2, -0.15) is 10.5 Å². The Morgan fingerprint density at radius 3 is 1.49 bits per heavy atom. The second-order valence-electron chi connectivity index (χ2n) is 23.3. The minimum Gasteiger partial charge on any atom is -0.423 e. The number of esters is 1. The van der Waals surface area contributed by atoms with E-state index in [1.165, 1.54) is 23.1 Å². The lowest BCUT2D eigenvalue weighted by Gasteiger charge is -2.25. The number of hydrogen-bond acceptors (Lipinski definition) is 11. The van der Waals surface area contributed by atoms with Crippen molar-refractivity contribution in [3.63, 3.8) is 0 Å². The van der Waals surface area contributed by atoms with Gasteiger partial charge in [-0.25, -0.2) is 14.8 Å². The predicted octanol–water partition coefficient (Wildman–Crippen LogP) is 12.0. The van der Waals surface area contributed by atoms with Gasteiger partial charge in [-0.1, -0.05) is 229 Å². The fourth-order valence-electron chi connectivity index (χ4n) is 13.0. The molecule has 5 heterocycles. The number of amides is 2. The molecule has 0 radical (unpaired) electrons. The standard InChI is InChI=1S/C75H56B2Cl4N10O4/c1-5-88(6-2)33-20-34-89-73(92)53-32-31-47(36-54(53)74(89)93)75(94)95-52-30-19-21-46(35-52)70-68-67(71(55(41-82)65-43-84-61-37-57(78)59(80)39-63(61)86-65)91(70)77(50-26-15-9-16-27-50)51-28-17-10-18-29-51)69(45(3)4)90(76(48-22-11-7-12-23-48)49-24-13-8-14-25-49)72(68)56(42-83)66-44-85-62-38-58(79)60(81)40-64(62)87-66/h7-19,21-32,35-40,43-45H,5-6,20,33-34H2,1-4H3/b71-55-,72-56-. The maximum atomic E-state index is 14.8. The van der Waals surface area contributed by atoms with Crippen LogP contribution in [0.5, 0.6) is 5.75 Å². The Morgan fingerprint density at radius 1 is 0.558 bits per heavy atom. The summed E-state index contributed by atoms with van der Waals surface area (Å²) < 4.78 is 10.7. The number of benzene rings is 8. The van der Waals surface area contributed by atoms with Gasteiger partial charge in [0.15, 0.2) is 0 Å². The van der Waals surface area contributed by atoms with Crippen LogP contribution in [0, 0.1) is 22.7 Å². The summed E-state index contributed by atoms with van der Waals surface area (Å²) in [4.78, 5) is 66.1. The van der Waals surface area contributed by atoms with Crippen LogP contribution in [0.4, 0.5) is 0 Å². The molecule has 0 saturated heterocycles. The van der Waals surface area contributed by atoms with Crippen LogP contribution in [0.25, 0.3) is 55.2 Å². The molecule has 8 aromatic carbocycles. The van der Waals surface area contributed by atoms with Gasteiger partial charge in [-0.05, 0) is 86.6 Å². The molecule has 1 aliphatic rings. The molecule has 1 aliphatic heterocycles. The Hall–Kier alpha value is -10.2. The number of halogens is 4. The van der Waals surface area contributed by atoms with Gasteiger partial charge in [0.2, 0.25) is 0 Å². The molecule has 0 unspecified atom stereocenters. The molecule has 0 N–H and O–H groups in total. The van der Waals surface area contributed by atoms with Crippen LogP contribution >= 0.6 is 46.4 Å². The number of aromatic nitrogens is 6. The van der Waals surface area contributed by atoms with Crippen molar-refractivity contribution in [1.82, 2.24) is 38.7 Å². The van der Waals surface area contributed by atoms with Crippen molar-refractivity contribution in [3.05, 3.63) is 265 Å². The average molecular weight is 1320 g/mol.